The predicted molar refractivity (Wildman–Crippen MR) is 46.9 cm³/mol. The van der Waals surface area contributed by atoms with Crippen LogP contribution in [0.25, 0.3) is 0 Å². The van der Waals surface area contributed by atoms with Crippen LogP contribution in [0.1, 0.15) is 30.3 Å². The van der Waals surface area contributed by atoms with Crippen LogP contribution in [0.3, 0.4) is 0 Å². The van der Waals surface area contributed by atoms with Crippen molar-refractivity contribution >= 4 is 11.5 Å². The van der Waals surface area contributed by atoms with E-state index < -0.39 is 0 Å². The zero-order valence-corrected chi connectivity index (χ0v) is 7.85. The Hall–Kier alpha value is -0.410. The van der Waals surface area contributed by atoms with E-state index >= 15 is 0 Å². The van der Waals surface area contributed by atoms with E-state index in [9.17, 15) is 5.11 Å². The van der Waals surface area contributed by atoms with Gasteiger partial charge in [-0.25, -0.2) is 0 Å². The fraction of sp³-hybridized carbons (Fsp3) is 0.625. The highest BCUT2D eigenvalue weighted by molar-refractivity contribution is 7.05. The van der Waals surface area contributed by atoms with Gasteiger partial charge in [-0.2, -0.15) is 4.37 Å². The van der Waals surface area contributed by atoms with Crippen LogP contribution >= 0.6 is 11.5 Å². The Kier molecular flexibility index (Phi) is 2.62. The first-order valence-corrected chi connectivity index (χ1v) is 4.50. The molecule has 2 atom stereocenters. The summed E-state index contributed by atoms with van der Waals surface area (Å²) in [7, 11) is 0. The number of aliphatic hydroxyl groups excluding tert-OH is 1. The molecule has 0 aliphatic rings. The first-order chi connectivity index (χ1) is 5.11. The largest absolute Gasteiger partial charge is 0.393 e. The van der Waals surface area contributed by atoms with Gasteiger partial charge in [-0.3, -0.25) is 0 Å². The van der Waals surface area contributed by atoms with Crippen LogP contribution in [0, 0.1) is 6.92 Å². The fourth-order valence-corrected chi connectivity index (χ4v) is 1.72. The lowest BCUT2D eigenvalue weighted by Crippen LogP contribution is -2.09. The Bertz CT molecular complexity index is 232. The summed E-state index contributed by atoms with van der Waals surface area (Å²) >= 11 is 1.48. The van der Waals surface area contributed by atoms with Gasteiger partial charge in [-0.15, -0.1) is 0 Å². The van der Waals surface area contributed by atoms with E-state index in [0.29, 0.717) is 0 Å². The van der Waals surface area contributed by atoms with Gasteiger partial charge in [0.15, 0.2) is 0 Å². The SMILES string of the molecule is Cc1cc(C(C)C(C)O)sn1. The van der Waals surface area contributed by atoms with Crippen LogP contribution in [0.4, 0.5) is 0 Å². The normalized spacial score (nSPS) is 16.4. The summed E-state index contributed by atoms with van der Waals surface area (Å²) in [6.07, 6.45) is -0.283. The maximum Gasteiger partial charge on any atom is 0.0586 e. The number of hydrogen-bond acceptors (Lipinski definition) is 3. The molecule has 1 aromatic heterocycles. The molecular formula is C8H13NOS. The Morgan fingerprint density at radius 1 is 1.55 bits per heavy atom. The van der Waals surface area contributed by atoms with E-state index in [1.165, 1.54) is 11.5 Å². The zero-order valence-electron chi connectivity index (χ0n) is 7.03. The standard InChI is InChI=1S/C8H13NOS/c1-5-4-8(11-9-5)6(2)7(3)10/h4,6-7,10H,1-3H3. The van der Waals surface area contributed by atoms with Gasteiger partial charge < -0.3 is 5.11 Å². The van der Waals surface area contributed by atoms with Crippen molar-refractivity contribution in [1.29, 1.82) is 0 Å². The van der Waals surface area contributed by atoms with Crippen molar-refractivity contribution < 1.29 is 5.11 Å². The number of aryl methyl sites for hydroxylation is 1. The average Bonchev–Trinajstić information content (AvgIpc) is 2.34. The van der Waals surface area contributed by atoms with E-state index in [1.807, 2.05) is 19.9 Å². The molecule has 1 rings (SSSR count). The number of aliphatic hydroxyl groups is 1. The molecule has 0 radical (unpaired) electrons. The first-order valence-electron chi connectivity index (χ1n) is 3.72. The molecule has 11 heavy (non-hydrogen) atoms. The molecule has 0 spiro atoms. The van der Waals surface area contributed by atoms with Crippen molar-refractivity contribution in [2.24, 2.45) is 0 Å². The monoisotopic (exact) mass is 171 g/mol. The molecule has 3 heteroatoms. The molecule has 0 bridgehead atoms. The Morgan fingerprint density at radius 2 is 2.18 bits per heavy atom. The molecule has 0 saturated heterocycles. The van der Waals surface area contributed by atoms with Crippen molar-refractivity contribution in [3.63, 3.8) is 0 Å². The maximum atomic E-state index is 9.26. The summed E-state index contributed by atoms with van der Waals surface area (Å²) in [6.45, 7) is 5.78. The van der Waals surface area contributed by atoms with Crippen molar-refractivity contribution in [3.05, 3.63) is 16.6 Å². The topological polar surface area (TPSA) is 33.1 Å². The molecule has 0 saturated carbocycles. The third-order valence-corrected chi connectivity index (χ3v) is 2.90. The summed E-state index contributed by atoms with van der Waals surface area (Å²) < 4.78 is 4.15. The van der Waals surface area contributed by atoms with Gasteiger partial charge in [0.25, 0.3) is 0 Å². The molecule has 1 N–H and O–H groups in total. The summed E-state index contributed by atoms with van der Waals surface area (Å²) in [5, 5.41) is 9.26. The van der Waals surface area contributed by atoms with Gasteiger partial charge in [0.05, 0.1) is 11.8 Å². The van der Waals surface area contributed by atoms with Gasteiger partial charge in [-0.1, -0.05) is 6.92 Å². The van der Waals surface area contributed by atoms with Crippen molar-refractivity contribution in [2.75, 3.05) is 0 Å². The lowest BCUT2D eigenvalue weighted by atomic mass is 10.0. The van der Waals surface area contributed by atoms with E-state index in [0.717, 1.165) is 10.6 Å². The molecular weight excluding hydrogens is 158 g/mol. The molecule has 2 nitrogen and oxygen atoms in total. The molecule has 0 aliphatic heterocycles. The predicted octanol–water partition coefficient (Wildman–Crippen LogP) is 1.94. The van der Waals surface area contributed by atoms with E-state index in [-0.39, 0.29) is 12.0 Å². The minimum atomic E-state index is -0.283. The zero-order chi connectivity index (χ0) is 8.43. The van der Waals surface area contributed by atoms with E-state index in [4.69, 9.17) is 0 Å². The highest BCUT2D eigenvalue weighted by Gasteiger charge is 2.13. The van der Waals surface area contributed by atoms with Crippen LogP contribution in [0.5, 0.6) is 0 Å². The molecule has 62 valence electrons. The highest BCUT2D eigenvalue weighted by Crippen LogP contribution is 2.23. The van der Waals surface area contributed by atoms with Gasteiger partial charge in [0.2, 0.25) is 0 Å². The van der Waals surface area contributed by atoms with Gasteiger partial charge in [0, 0.05) is 10.8 Å². The van der Waals surface area contributed by atoms with E-state index in [1.54, 1.807) is 6.92 Å². The Labute approximate surface area is 71.1 Å². The summed E-state index contributed by atoms with van der Waals surface area (Å²) in [6, 6.07) is 2.03. The third kappa shape index (κ3) is 2.01. The number of aromatic nitrogens is 1. The summed E-state index contributed by atoms with van der Waals surface area (Å²) in [5.74, 6) is 0.209. The molecule has 0 fully saturated rings. The first kappa shape index (κ1) is 8.68. The second-order valence-electron chi connectivity index (χ2n) is 2.90. The van der Waals surface area contributed by atoms with Crippen LogP contribution < -0.4 is 0 Å². The fourth-order valence-electron chi connectivity index (χ4n) is 0.836. The highest BCUT2D eigenvalue weighted by atomic mass is 32.1. The summed E-state index contributed by atoms with van der Waals surface area (Å²) in [5.41, 5.74) is 1.04. The molecule has 1 heterocycles. The second-order valence-corrected chi connectivity index (χ2v) is 3.74. The minimum Gasteiger partial charge on any atom is -0.393 e. The molecule has 2 unspecified atom stereocenters. The number of nitrogens with zero attached hydrogens (tertiary/aromatic N) is 1. The smallest absolute Gasteiger partial charge is 0.0586 e. The quantitative estimate of drug-likeness (QED) is 0.737. The van der Waals surface area contributed by atoms with E-state index in [2.05, 4.69) is 4.37 Å². The molecule has 0 aromatic carbocycles. The van der Waals surface area contributed by atoms with Gasteiger partial charge >= 0.3 is 0 Å². The lowest BCUT2D eigenvalue weighted by Gasteiger charge is -2.10. The molecule has 0 aliphatic carbocycles. The van der Waals surface area contributed by atoms with Crippen molar-refractivity contribution in [3.8, 4) is 0 Å². The third-order valence-electron chi connectivity index (χ3n) is 1.82. The Morgan fingerprint density at radius 3 is 2.55 bits per heavy atom. The maximum absolute atomic E-state index is 9.26. The van der Waals surface area contributed by atoms with Crippen LogP contribution in [0.15, 0.2) is 6.07 Å². The van der Waals surface area contributed by atoms with Gasteiger partial charge in [0.1, 0.15) is 0 Å². The van der Waals surface area contributed by atoms with Crippen molar-refractivity contribution in [2.45, 2.75) is 32.8 Å². The second kappa shape index (κ2) is 3.32. The van der Waals surface area contributed by atoms with Gasteiger partial charge in [-0.05, 0) is 31.4 Å². The summed E-state index contributed by atoms with van der Waals surface area (Å²) in [4.78, 5) is 1.16. The minimum absolute atomic E-state index is 0.209. The molecule has 0 amide bonds. The van der Waals surface area contributed by atoms with Crippen LogP contribution in [0.2, 0.25) is 0 Å². The molecule has 1 aromatic rings. The number of rotatable bonds is 2. The van der Waals surface area contributed by atoms with Crippen molar-refractivity contribution in [1.82, 2.24) is 4.37 Å². The number of hydrogen-bond donors (Lipinski definition) is 1. The Balaban J connectivity index is 2.76. The average molecular weight is 171 g/mol. The van der Waals surface area contributed by atoms with Crippen LogP contribution in [-0.2, 0) is 0 Å². The van der Waals surface area contributed by atoms with Crippen LogP contribution in [-0.4, -0.2) is 15.6 Å². The lowest BCUT2D eigenvalue weighted by molar-refractivity contribution is 0.170.